The molecular formula is C21H18Cl2F3NO3. The third-order valence-electron chi connectivity index (χ3n) is 5.00. The van der Waals surface area contributed by atoms with Gasteiger partial charge in [-0.15, -0.1) is 0 Å². The molecule has 0 spiro atoms. The Kier molecular flexibility index (Phi) is 6.34. The van der Waals surface area contributed by atoms with Gasteiger partial charge in [-0.25, -0.2) is 0 Å². The molecule has 1 saturated carbocycles. The lowest BCUT2D eigenvalue weighted by Crippen LogP contribution is -2.28. The van der Waals surface area contributed by atoms with Crippen molar-refractivity contribution in [2.45, 2.75) is 26.1 Å². The van der Waals surface area contributed by atoms with Crippen molar-refractivity contribution >= 4 is 29.2 Å². The number of ether oxygens (including phenoxy) is 2. The molecule has 4 nitrogen and oxygen atoms in total. The molecule has 1 fully saturated rings. The second-order valence-corrected chi connectivity index (χ2v) is 8.48. The van der Waals surface area contributed by atoms with E-state index in [0.717, 1.165) is 6.07 Å². The number of hydrogen-bond donors (Lipinski definition) is 0. The van der Waals surface area contributed by atoms with Gasteiger partial charge in [0.1, 0.15) is 16.0 Å². The van der Waals surface area contributed by atoms with E-state index in [1.54, 1.807) is 44.2 Å². The smallest absolute Gasteiger partial charge is 0.431 e. The number of hydrogen-bond acceptors (Lipinski definition) is 4. The summed E-state index contributed by atoms with van der Waals surface area (Å²) in [6.07, 6.45) is -4.79. The SMILES string of the molecule is CC1(C)[C@H](C(=O)OC(c2cc(Oc3ccccc3)ccn2)C(F)(F)F)[C@@H]1C=C(Cl)Cl. The fraction of sp³-hybridized carbons (Fsp3) is 0.333. The Morgan fingerprint density at radius 1 is 1.17 bits per heavy atom. The number of para-hydroxylation sites is 1. The third kappa shape index (κ3) is 5.08. The highest BCUT2D eigenvalue weighted by atomic mass is 35.5. The van der Waals surface area contributed by atoms with E-state index in [-0.39, 0.29) is 10.2 Å². The lowest BCUT2D eigenvalue weighted by atomic mass is 10.1. The number of nitrogens with zero attached hydrogens (tertiary/aromatic N) is 1. The zero-order chi connectivity index (χ0) is 22.1. The standard InChI is InChI=1S/C21H18Cl2F3NO3/c1-20(2)14(11-16(22)23)17(20)19(28)30-18(21(24,25)26)15-10-13(8-9-27-15)29-12-6-4-3-5-7-12/h3-11,14,17-18H,1-2H3/t14-,17-,18?/m0/s1. The van der Waals surface area contributed by atoms with Gasteiger partial charge in [0.25, 0.3) is 0 Å². The maximum absolute atomic E-state index is 13.7. The molecule has 3 rings (SSSR count). The number of halogens is 5. The van der Waals surface area contributed by atoms with E-state index in [2.05, 4.69) is 4.98 Å². The van der Waals surface area contributed by atoms with Crippen LogP contribution < -0.4 is 4.74 Å². The second kappa shape index (κ2) is 8.47. The first kappa shape index (κ1) is 22.4. The molecule has 0 amide bonds. The maximum atomic E-state index is 13.7. The first-order valence-electron chi connectivity index (χ1n) is 8.99. The van der Waals surface area contributed by atoms with Gasteiger partial charge in [-0.3, -0.25) is 9.78 Å². The zero-order valence-corrected chi connectivity index (χ0v) is 17.5. The van der Waals surface area contributed by atoms with Gasteiger partial charge >= 0.3 is 12.1 Å². The first-order chi connectivity index (χ1) is 14.0. The molecule has 0 N–H and O–H groups in total. The van der Waals surface area contributed by atoms with Crippen LogP contribution in [0.15, 0.2) is 59.2 Å². The van der Waals surface area contributed by atoms with Crippen LogP contribution in [0, 0.1) is 17.3 Å². The van der Waals surface area contributed by atoms with Crippen LogP contribution in [-0.4, -0.2) is 17.1 Å². The number of alkyl halides is 3. The molecule has 0 aliphatic heterocycles. The minimum absolute atomic E-state index is 0.0526. The Morgan fingerprint density at radius 3 is 2.43 bits per heavy atom. The monoisotopic (exact) mass is 459 g/mol. The molecule has 30 heavy (non-hydrogen) atoms. The van der Waals surface area contributed by atoms with Gasteiger partial charge in [-0.2, -0.15) is 13.2 Å². The van der Waals surface area contributed by atoms with Crippen LogP contribution in [0.1, 0.15) is 25.6 Å². The van der Waals surface area contributed by atoms with Crippen molar-refractivity contribution in [1.29, 1.82) is 0 Å². The summed E-state index contributed by atoms with van der Waals surface area (Å²) in [5, 5.41) is 0. The fourth-order valence-corrected chi connectivity index (χ4v) is 3.59. The quantitative estimate of drug-likeness (QED) is 0.455. The highest BCUT2D eigenvalue weighted by Crippen LogP contribution is 2.60. The van der Waals surface area contributed by atoms with Crippen molar-refractivity contribution < 1.29 is 27.4 Å². The third-order valence-corrected chi connectivity index (χ3v) is 5.25. The van der Waals surface area contributed by atoms with E-state index < -0.39 is 41.2 Å². The highest BCUT2D eigenvalue weighted by Gasteiger charge is 2.62. The molecule has 3 atom stereocenters. The van der Waals surface area contributed by atoms with Gasteiger partial charge in [0.05, 0.1) is 11.6 Å². The Balaban J connectivity index is 1.81. The number of esters is 1. The topological polar surface area (TPSA) is 48.4 Å². The number of carbonyl (C=O) groups is 1. The maximum Gasteiger partial charge on any atom is 0.431 e. The number of carbonyl (C=O) groups excluding carboxylic acids is 1. The van der Waals surface area contributed by atoms with Crippen LogP contribution in [0.25, 0.3) is 0 Å². The molecule has 1 heterocycles. The average molecular weight is 460 g/mol. The summed E-state index contributed by atoms with van der Waals surface area (Å²) in [6, 6.07) is 11.1. The van der Waals surface area contributed by atoms with Gasteiger partial charge in [-0.05, 0) is 35.6 Å². The van der Waals surface area contributed by atoms with Gasteiger partial charge in [0.2, 0.25) is 6.10 Å². The molecular weight excluding hydrogens is 442 g/mol. The largest absolute Gasteiger partial charge is 0.457 e. The zero-order valence-electron chi connectivity index (χ0n) is 16.0. The molecule has 9 heteroatoms. The lowest BCUT2D eigenvalue weighted by molar-refractivity contribution is -0.226. The van der Waals surface area contributed by atoms with Crippen LogP contribution >= 0.6 is 23.2 Å². The molecule has 1 unspecified atom stereocenters. The summed E-state index contributed by atoms with van der Waals surface area (Å²) in [5.41, 5.74) is -1.10. The molecule has 0 bridgehead atoms. The lowest BCUT2D eigenvalue weighted by Gasteiger charge is -2.21. The molecule has 1 aromatic heterocycles. The molecule has 160 valence electrons. The number of rotatable bonds is 6. The average Bonchev–Trinajstić information content (AvgIpc) is 3.19. The minimum Gasteiger partial charge on any atom is -0.457 e. The van der Waals surface area contributed by atoms with E-state index in [9.17, 15) is 18.0 Å². The van der Waals surface area contributed by atoms with Gasteiger partial charge in [0.15, 0.2) is 0 Å². The van der Waals surface area contributed by atoms with E-state index in [4.69, 9.17) is 32.7 Å². The molecule has 0 radical (unpaired) electrons. The van der Waals surface area contributed by atoms with Crippen LogP contribution in [0.5, 0.6) is 11.5 Å². The summed E-state index contributed by atoms with van der Waals surface area (Å²) in [7, 11) is 0. The van der Waals surface area contributed by atoms with Crippen molar-refractivity contribution in [1.82, 2.24) is 4.98 Å². The van der Waals surface area contributed by atoms with Gasteiger partial charge in [0, 0.05) is 12.3 Å². The van der Waals surface area contributed by atoms with Gasteiger partial charge < -0.3 is 9.47 Å². The predicted molar refractivity (Wildman–Crippen MR) is 106 cm³/mol. The minimum atomic E-state index is -4.86. The number of aromatic nitrogens is 1. The second-order valence-electron chi connectivity index (χ2n) is 7.47. The number of benzene rings is 1. The molecule has 2 aromatic rings. The number of allylic oxidation sites excluding steroid dienone is 1. The Labute approximate surface area is 181 Å². The normalized spacial score (nSPS) is 20.8. The Bertz CT molecular complexity index is 944. The van der Waals surface area contributed by atoms with Crippen molar-refractivity contribution in [2.75, 3.05) is 0 Å². The van der Waals surface area contributed by atoms with Crippen molar-refractivity contribution in [2.24, 2.45) is 17.3 Å². The first-order valence-corrected chi connectivity index (χ1v) is 9.74. The molecule has 1 aliphatic carbocycles. The Hall–Kier alpha value is -2.25. The summed E-state index contributed by atoms with van der Waals surface area (Å²) >= 11 is 11.3. The van der Waals surface area contributed by atoms with Crippen molar-refractivity contribution in [3.63, 3.8) is 0 Å². The molecule has 1 aliphatic rings. The van der Waals surface area contributed by atoms with Crippen LogP contribution in [0.2, 0.25) is 0 Å². The van der Waals surface area contributed by atoms with Gasteiger partial charge in [-0.1, -0.05) is 55.2 Å². The summed E-state index contributed by atoms with van der Waals surface area (Å²) in [4.78, 5) is 16.3. The van der Waals surface area contributed by atoms with Crippen molar-refractivity contribution in [3.05, 3.63) is 64.9 Å². The van der Waals surface area contributed by atoms with E-state index in [1.165, 1.54) is 18.3 Å². The van der Waals surface area contributed by atoms with Crippen LogP contribution in [0.4, 0.5) is 13.2 Å². The van der Waals surface area contributed by atoms with Crippen molar-refractivity contribution in [3.8, 4) is 11.5 Å². The predicted octanol–water partition coefficient (Wildman–Crippen LogP) is 6.61. The Morgan fingerprint density at radius 2 is 1.83 bits per heavy atom. The fourth-order valence-electron chi connectivity index (χ4n) is 3.32. The molecule has 1 aromatic carbocycles. The molecule has 0 saturated heterocycles. The summed E-state index contributed by atoms with van der Waals surface area (Å²) < 4.78 is 51.5. The number of pyridine rings is 1. The van der Waals surface area contributed by atoms with E-state index in [0.29, 0.717) is 5.75 Å². The highest BCUT2D eigenvalue weighted by molar-refractivity contribution is 6.55. The van der Waals surface area contributed by atoms with E-state index in [1.807, 2.05) is 0 Å². The van der Waals surface area contributed by atoms with E-state index >= 15 is 0 Å². The summed E-state index contributed by atoms with van der Waals surface area (Å²) in [6.45, 7) is 3.46. The summed E-state index contributed by atoms with van der Waals surface area (Å²) in [5.74, 6) is -1.61. The van der Waals surface area contributed by atoms with Crippen LogP contribution in [0.3, 0.4) is 0 Å². The van der Waals surface area contributed by atoms with Crippen LogP contribution in [-0.2, 0) is 9.53 Å².